The summed E-state index contributed by atoms with van der Waals surface area (Å²) < 4.78 is 5.85. The Morgan fingerprint density at radius 3 is 3.00 bits per heavy atom. The fraction of sp³-hybridized carbons (Fsp3) is 0.417. The molecular weight excluding hydrogens is 254 g/mol. The first-order valence-corrected chi connectivity index (χ1v) is 6.41. The van der Waals surface area contributed by atoms with Crippen molar-refractivity contribution in [3.05, 3.63) is 24.3 Å². The van der Waals surface area contributed by atoms with Gasteiger partial charge in [0, 0.05) is 25.0 Å². The second-order valence-corrected chi connectivity index (χ2v) is 5.06. The topological polar surface area (TPSA) is 28.2 Å². The number of anilines is 1. The molecule has 0 unspecified atom stereocenters. The molecule has 0 amide bonds. The number of nitrogens with one attached hydrogen (secondary N) is 1. The number of halogens is 1. The third-order valence-corrected chi connectivity index (χ3v) is 4.09. The van der Waals surface area contributed by atoms with E-state index in [1.54, 1.807) is 11.5 Å². The molecule has 2 aromatic rings. The summed E-state index contributed by atoms with van der Waals surface area (Å²) >= 11 is 1.59. The van der Waals surface area contributed by atoms with E-state index < -0.39 is 0 Å². The van der Waals surface area contributed by atoms with Crippen molar-refractivity contribution in [3.8, 4) is 0 Å². The standard InChI is InChI=1S/C12H15N3S.ClH/c1-15(9-6-7-13-8-9)12-10-4-2-3-5-11(10)16-14-12;/h2-5,9,13H,6-8H2,1H3;1H/t9-;/m1./s1. The van der Waals surface area contributed by atoms with Gasteiger partial charge in [-0.05, 0) is 36.6 Å². The molecule has 5 heteroatoms. The fourth-order valence-electron chi connectivity index (χ4n) is 2.27. The van der Waals surface area contributed by atoms with Crippen LogP contribution in [-0.2, 0) is 0 Å². The van der Waals surface area contributed by atoms with Crippen LogP contribution in [0.2, 0.25) is 0 Å². The molecule has 1 aliphatic rings. The Bertz CT molecular complexity index is 493. The molecule has 1 N–H and O–H groups in total. The molecule has 0 radical (unpaired) electrons. The van der Waals surface area contributed by atoms with E-state index in [-0.39, 0.29) is 12.4 Å². The molecule has 0 aliphatic carbocycles. The SMILES string of the molecule is CN(c1nsc2ccccc12)[C@@H]1CCNC1.Cl. The Labute approximate surface area is 111 Å². The van der Waals surface area contributed by atoms with Crippen LogP contribution >= 0.6 is 23.9 Å². The first-order valence-electron chi connectivity index (χ1n) is 5.64. The van der Waals surface area contributed by atoms with Gasteiger partial charge in [0.05, 0.1) is 4.70 Å². The number of hydrogen-bond donors (Lipinski definition) is 1. The molecule has 1 aromatic heterocycles. The van der Waals surface area contributed by atoms with Gasteiger partial charge in [-0.15, -0.1) is 12.4 Å². The first-order chi connectivity index (χ1) is 7.86. The van der Waals surface area contributed by atoms with Crippen molar-refractivity contribution in [1.29, 1.82) is 0 Å². The summed E-state index contributed by atoms with van der Waals surface area (Å²) in [7, 11) is 2.15. The summed E-state index contributed by atoms with van der Waals surface area (Å²) in [6.07, 6.45) is 1.21. The van der Waals surface area contributed by atoms with Gasteiger partial charge in [0.15, 0.2) is 0 Å². The molecule has 17 heavy (non-hydrogen) atoms. The Kier molecular flexibility index (Phi) is 3.86. The lowest BCUT2D eigenvalue weighted by molar-refractivity contribution is 0.682. The van der Waals surface area contributed by atoms with E-state index in [1.807, 2.05) is 0 Å². The van der Waals surface area contributed by atoms with Gasteiger partial charge in [0.2, 0.25) is 0 Å². The Hall–Kier alpha value is -0.840. The second kappa shape index (κ2) is 5.21. The average Bonchev–Trinajstić information content (AvgIpc) is 2.98. The predicted octanol–water partition coefficient (Wildman–Crippen LogP) is 2.52. The molecule has 1 aliphatic heterocycles. The molecule has 1 atom stereocenters. The lowest BCUT2D eigenvalue weighted by Crippen LogP contribution is -2.33. The van der Waals surface area contributed by atoms with E-state index in [0.29, 0.717) is 6.04 Å². The highest BCUT2D eigenvalue weighted by Gasteiger charge is 2.22. The third-order valence-electron chi connectivity index (χ3n) is 3.27. The maximum atomic E-state index is 4.58. The zero-order valence-electron chi connectivity index (χ0n) is 9.72. The van der Waals surface area contributed by atoms with Gasteiger partial charge in [0.25, 0.3) is 0 Å². The largest absolute Gasteiger partial charge is 0.354 e. The maximum absolute atomic E-state index is 4.58. The summed E-state index contributed by atoms with van der Waals surface area (Å²) in [5.41, 5.74) is 0. The molecule has 1 fully saturated rings. The molecular formula is C12H16ClN3S. The summed E-state index contributed by atoms with van der Waals surface area (Å²) in [6, 6.07) is 9.04. The van der Waals surface area contributed by atoms with Crippen LogP contribution in [0.1, 0.15) is 6.42 Å². The smallest absolute Gasteiger partial charge is 0.150 e. The summed E-state index contributed by atoms with van der Waals surface area (Å²) in [6.45, 7) is 2.19. The van der Waals surface area contributed by atoms with Crippen molar-refractivity contribution in [1.82, 2.24) is 9.69 Å². The molecule has 1 saturated heterocycles. The van der Waals surface area contributed by atoms with Gasteiger partial charge in [-0.3, -0.25) is 0 Å². The lowest BCUT2D eigenvalue weighted by atomic mass is 10.2. The number of hydrogen-bond acceptors (Lipinski definition) is 4. The molecule has 3 nitrogen and oxygen atoms in total. The van der Waals surface area contributed by atoms with Crippen LogP contribution in [0.5, 0.6) is 0 Å². The predicted molar refractivity (Wildman–Crippen MR) is 76.5 cm³/mol. The highest BCUT2D eigenvalue weighted by atomic mass is 35.5. The van der Waals surface area contributed by atoms with E-state index in [2.05, 4.69) is 45.9 Å². The molecule has 2 heterocycles. The monoisotopic (exact) mass is 269 g/mol. The highest BCUT2D eigenvalue weighted by molar-refractivity contribution is 7.13. The fourth-order valence-corrected chi connectivity index (χ4v) is 3.08. The molecule has 1 aromatic carbocycles. The maximum Gasteiger partial charge on any atom is 0.150 e. The van der Waals surface area contributed by atoms with Crippen molar-refractivity contribution in [3.63, 3.8) is 0 Å². The molecule has 3 rings (SSSR count). The van der Waals surface area contributed by atoms with Gasteiger partial charge in [-0.25, -0.2) is 0 Å². The number of fused-ring (bicyclic) bond motifs is 1. The lowest BCUT2D eigenvalue weighted by Gasteiger charge is -2.23. The number of likely N-dealkylation sites (N-methyl/N-ethyl adjacent to an activating group) is 1. The Balaban J connectivity index is 0.00000108. The Morgan fingerprint density at radius 2 is 2.24 bits per heavy atom. The molecule has 0 bridgehead atoms. The number of benzene rings is 1. The minimum Gasteiger partial charge on any atom is -0.354 e. The van der Waals surface area contributed by atoms with Crippen molar-refractivity contribution >= 4 is 39.8 Å². The number of nitrogens with zero attached hydrogens (tertiary/aromatic N) is 2. The van der Waals surface area contributed by atoms with Crippen LogP contribution in [0, 0.1) is 0 Å². The van der Waals surface area contributed by atoms with Crippen LogP contribution in [0.4, 0.5) is 5.82 Å². The molecule has 0 saturated carbocycles. The van der Waals surface area contributed by atoms with Crippen LogP contribution in [0.15, 0.2) is 24.3 Å². The zero-order valence-corrected chi connectivity index (χ0v) is 11.4. The van der Waals surface area contributed by atoms with E-state index in [1.165, 1.54) is 16.5 Å². The highest BCUT2D eigenvalue weighted by Crippen LogP contribution is 2.30. The number of aromatic nitrogens is 1. The van der Waals surface area contributed by atoms with Crippen LogP contribution in [0.3, 0.4) is 0 Å². The van der Waals surface area contributed by atoms with Crippen molar-refractivity contribution in [2.24, 2.45) is 0 Å². The van der Waals surface area contributed by atoms with Gasteiger partial charge in [-0.2, -0.15) is 4.37 Å². The van der Waals surface area contributed by atoms with Crippen molar-refractivity contribution in [2.75, 3.05) is 25.0 Å². The van der Waals surface area contributed by atoms with E-state index in [0.717, 1.165) is 18.9 Å². The minimum absolute atomic E-state index is 0. The van der Waals surface area contributed by atoms with E-state index >= 15 is 0 Å². The van der Waals surface area contributed by atoms with Crippen LogP contribution in [-0.4, -0.2) is 30.6 Å². The van der Waals surface area contributed by atoms with Crippen molar-refractivity contribution < 1.29 is 0 Å². The van der Waals surface area contributed by atoms with Crippen LogP contribution < -0.4 is 10.2 Å². The van der Waals surface area contributed by atoms with Crippen molar-refractivity contribution in [2.45, 2.75) is 12.5 Å². The second-order valence-electron chi connectivity index (χ2n) is 4.26. The third kappa shape index (κ3) is 2.25. The van der Waals surface area contributed by atoms with E-state index in [4.69, 9.17) is 0 Å². The minimum atomic E-state index is 0. The molecule has 92 valence electrons. The van der Waals surface area contributed by atoms with Gasteiger partial charge in [-0.1, -0.05) is 12.1 Å². The Morgan fingerprint density at radius 1 is 1.41 bits per heavy atom. The summed E-state index contributed by atoms with van der Waals surface area (Å²) in [4.78, 5) is 2.32. The zero-order chi connectivity index (χ0) is 11.0. The summed E-state index contributed by atoms with van der Waals surface area (Å²) in [5, 5.41) is 4.68. The summed E-state index contributed by atoms with van der Waals surface area (Å²) in [5.74, 6) is 1.13. The quantitative estimate of drug-likeness (QED) is 0.908. The average molecular weight is 270 g/mol. The molecule has 0 spiro atoms. The van der Waals surface area contributed by atoms with Gasteiger partial charge >= 0.3 is 0 Å². The first kappa shape index (κ1) is 12.6. The van der Waals surface area contributed by atoms with Gasteiger partial charge in [0.1, 0.15) is 5.82 Å². The van der Waals surface area contributed by atoms with Crippen LogP contribution in [0.25, 0.3) is 10.1 Å². The number of rotatable bonds is 2. The van der Waals surface area contributed by atoms with Gasteiger partial charge < -0.3 is 10.2 Å². The van der Waals surface area contributed by atoms with E-state index in [9.17, 15) is 0 Å². The normalized spacial score (nSPS) is 19.2.